The molecule has 0 aromatic rings. The van der Waals surface area contributed by atoms with Crippen molar-refractivity contribution in [2.24, 2.45) is 17.8 Å². The second-order valence-electron chi connectivity index (χ2n) is 6.29. The molecule has 0 amide bonds. The average molecular weight is 227 g/mol. The van der Waals surface area contributed by atoms with Crippen LogP contribution >= 0.6 is 0 Å². The minimum Gasteiger partial charge on any atom is -0.303 e. The van der Waals surface area contributed by atoms with Crippen molar-refractivity contribution in [1.82, 2.24) is 4.90 Å². The van der Waals surface area contributed by atoms with Gasteiger partial charge in [-0.3, -0.25) is 0 Å². The van der Waals surface area contributed by atoms with Crippen molar-refractivity contribution in [1.29, 1.82) is 0 Å². The van der Waals surface area contributed by atoms with Crippen LogP contribution in [0.1, 0.15) is 46.0 Å². The molecule has 0 aromatic heterocycles. The van der Waals surface area contributed by atoms with Crippen LogP contribution < -0.4 is 0 Å². The molecule has 94 valence electrons. The van der Waals surface area contributed by atoms with Gasteiger partial charge in [0.15, 0.2) is 0 Å². The summed E-state index contributed by atoms with van der Waals surface area (Å²) in [7, 11) is 0. The summed E-state index contributed by atoms with van der Waals surface area (Å²) in [5.74, 6) is 2.28. The Bertz CT molecular complexity index is 209. The maximum Gasteiger partial charge on any atom is 0.100 e. The van der Waals surface area contributed by atoms with E-state index in [9.17, 15) is 4.39 Å². The Morgan fingerprint density at radius 2 is 1.75 bits per heavy atom. The van der Waals surface area contributed by atoms with Crippen LogP contribution in [0.5, 0.6) is 0 Å². The number of hydrogen-bond donors (Lipinski definition) is 0. The molecule has 2 rings (SSSR count). The lowest BCUT2D eigenvalue weighted by Gasteiger charge is -2.38. The van der Waals surface area contributed by atoms with Gasteiger partial charge in [-0.05, 0) is 43.4 Å². The van der Waals surface area contributed by atoms with Crippen molar-refractivity contribution in [3.63, 3.8) is 0 Å². The SMILES string of the molecule is CC1CC(C)CN(CC2CCCC(F)C2)C1. The summed E-state index contributed by atoms with van der Waals surface area (Å²) in [5, 5.41) is 0. The van der Waals surface area contributed by atoms with Gasteiger partial charge in [0.1, 0.15) is 6.17 Å². The Balaban J connectivity index is 1.79. The van der Waals surface area contributed by atoms with E-state index in [-0.39, 0.29) is 0 Å². The third kappa shape index (κ3) is 3.44. The third-order valence-electron chi connectivity index (χ3n) is 4.18. The van der Waals surface area contributed by atoms with Crippen molar-refractivity contribution < 1.29 is 4.39 Å². The molecule has 0 bridgehead atoms. The predicted molar refractivity (Wildman–Crippen MR) is 66.2 cm³/mol. The van der Waals surface area contributed by atoms with E-state index in [0.29, 0.717) is 5.92 Å². The van der Waals surface area contributed by atoms with Gasteiger partial charge in [-0.2, -0.15) is 0 Å². The number of rotatable bonds is 2. The van der Waals surface area contributed by atoms with Crippen LogP contribution in [0.2, 0.25) is 0 Å². The number of nitrogens with zero attached hydrogens (tertiary/aromatic N) is 1. The van der Waals surface area contributed by atoms with Crippen molar-refractivity contribution in [2.45, 2.75) is 52.1 Å². The number of piperidine rings is 1. The monoisotopic (exact) mass is 227 g/mol. The summed E-state index contributed by atoms with van der Waals surface area (Å²) in [4.78, 5) is 2.58. The largest absolute Gasteiger partial charge is 0.303 e. The minimum absolute atomic E-state index is 0.515. The fourth-order valence-electron chi connectivity index (χ4n) is 3.70. The summed E-state index contributed by atoms with van der Waals surface area (Å²) < 4.78 is 13.3. The smallest absolute Gasteiger partial charge is 0.100 e. The van der Waals surface area contributed by atoms with Crippen molar-refractivity contribution in [3.8, 4) is 0 Å². The highest BCUT2D eigenvalue weighted by atomic mass is 19.1. The van der Waals surface area contributed by atoms with Crippen LogP contribution in [-0.2, 0) is 0 Å². The number of alkyl halides is 1. The Hall–Kier alpha value is -0.110. The lowest BCUT2D eigenvalue weighted by atomic mass is 9.86. The normalized spacial score (nSPS) is 42.2. The van der Waals surface area contributed by atoms with Gasteiger partial charge in [-0.1, -0.05) is 20.3 Å². The Kier molecular flexibility index (Phi) is 4.23. The van der Waals surface area contributed by atoms with Gasteiger partial charge in [0.2, 0.25) is 0 Å². The molecule has 1 aliphatic carbocycles. The van der Waals surface area contributed by atoms with E-state index >= 15 is 0 Å². The van der Waals surface area contributed by atoms with E-state index in [1.807, 2.05) is 0 Å². The second kappa shape index (κ2) is 5.48. The molecule has 0 radical (unpaired) electrons. The first-order valence-corrected chi connectivity index (χ1v) is 7.00. The lowest BCUT2D eigenvalue weighted by molar-refractivity contribution is 0.0955. The molecule has 0 N–H and O–H groups in total. The van der Waals surface area contributed by atoms with E-state index in [4.69, 9.17) is 0 Å². The van der Waals surface area contributed by atoms with E-state index in [1.54, 1.807) is 0 Å². The zero-order valence-corrected chi connectivity index (χ0v) is 10.8. The summed E-state index contributed by atoms with van der Waals surface area (Å²) >= 11 is 0. The summed E-state index contributed by atoms with van der Waals surface area (Å²) in [6.45, 7) is 8.31. The van der Waals surface area contributed by atoms with Crippen molar-refractivity contribution in [2.75, 3.05) is 19.6 Å². The molecule has 1 heterocycles. The van der Waals surface area contributed by atoms with Crippen LogP contribution in [-0.4, -0.2) is 30.7 Å². The zero-order chi connectivity index (χ0) is 11.5. The van der Waals surface area contributed by atoms with Crippen LogP contribution in [0, 0.1) is 17.8 Å². The van der Waals surface area contributed by atoms with E-state index < -0.39 is 6.17 Å². The quantitative estimate of drug-likeness (QED) is 0.698. The molecular formula is C14H26FN. The summed E-state index contributed by atoms with van der Waals surface area (Å²) in [5.41, 5.74) is 0. The maximum absolute atomic E-state index is 13.3. The molecule has 1 aliphatic heterocycles. The number of likely N-dealkylation sites (tertiary alicyclic amines) is 1. The highest BCUT2D eigenvalue weighted by Crippen LogP contribution is 2.29. The lowest BCUT2D eigenvalue weighted by Crippen LogP contribution is -2.42. The molecule has 2 heteroatoms. The van der Waals surface area contributed by atoms with Crippen molar-refractivity contribution >= 4 is 0 Å². The highest BCUT2D eigenvalue weighted by Gasteiger charge is 2.27. The van der Waals surface area contributed by atoms with Gasteiger partial charge < -0.3 is 4.90 Å². The zero-order valence-electron chi connectivity index (χ0n) is 10.8. The molecular weight excluding hydrogens is 201 g/mol. The topological polar surface area (TPSA) is 3.24 Å². The summed E-state index contributed by atoms with van der Waals surface area (Å²) in [6, 6.07) is 0. The molecule has 0 spiro atoms. The molecule has 2 aliphatic rings. The van der Waals surface area contributed by atoms with Crippen LogP contribution in [0.4, 0.5) is 4.39 Å². The minimum atomic E-state index is -0.515. The first-order valence-electron chi connectivity index (χ1n) is 7.00. The Labute approximate surface area is 99.4 Å². The van der Waals surface area contributed by atoms with Crippen molar-refractivity contribution in [3.05, 3.63) is 0 Å². The number of hydrogen-bond acceptors (Lipinski definition) is 1. The molecule has 0 aromatic carbocycles. The third-order valence-corrected chi connectivity index (χ3v) is 4.18. The second-order valence-corrected chi connectivity index (χ2v) is 6.29. The first kappa shape index (κ1) is 12.3. The first-order chi connectivity index (χ1) is 7.63. The molecule has 1 saturated heterocycles. The molecule has 4 atom stereocenters. The van der Waals surface area contributed by atoms with E-state index in [2.05, 4.69) is 18.7 Å². The Morgan fingerprint density at radius 3 is 2.38 bits per heavy atom. The van der Waals surface area contributed by atoms with E-state index in [1.165, 1.54) is 25.9 Å². The molecule has 4 unspecified atom stereocenters. The molecule has 1 nitrogen and oxygen atoms in total. The average Bonchev–Trinajstić information content (AvgIpc) is 2.15. The van der Waals surface area contributed by atoms with Gasteiger partial charge in [-0.15, -0.1) is 0 Å². The molecule has 16 heavy (non-hydrogen) atoms. The number of halogens is 1. The standard InChI is InChI=1S/C14H26FN/c1-11-6-12(2)9-16(8-11)10-13-4-3-5-14(15)7-13/h11-14H,3-10H2,1-2H3. The van der Waals surface area contributed by atoms with Gasteiger partial charge in [0.05, 0.1) is 0 Å². The van der Waals surface area contributed by atoms with Crippen LogP contribution in [0.3, 0.4) is 0 Å². The van der Waals surface area contributed by atoms with Gasteiger partial charge in [0.25, 0.3) is 0 Å². The molecule has 1 saturated carbocycles. The fraction of sp³-hybridized carbons (Fsp3) is 1.00. The van der Waals surface area contributed by atoms with Crippen LogP contribution in [0.25, 0.3) is 0 Å². The summed E-state index contributed by atoms with van der Waals surface area (Å²) in [6.07, 6.45) is 4.83. The van der Waals surface area contributed by atoms with Gasteiger partial charge in [-0.25, -0.2) is 4.39 Å². The van der Waals surface area contributed by atoms with Crippen LogP contribution in [0.15, 0.2) is 0 Å². The Morgan fingerprint density at radius 1 is 1.06 bits per heavy atom. The van der Waals surface area contributed by atoms with Gasteiger partial charge >= 0.3 is 0 Å². The van der Waals surface area contributed by atoms with Gasteiger partial charge in [0, 0.05) is 19.6 Å². The predicted octanol–water partition coefficient (Wildman–Crippen LogP) is 3.49. The highest BCUT2D eigenvalue weighted by molar-refractivity contribution is 4.80. The van der Waals surface area contributed by atoms with E-state index in [0.717, 1.165) is 37.6 Å². The molecule has 2 fully saturated rings. The fourth-order valence-corrected chi connectivity index (χ4v) is 3.70. The maximum atomic E-state index is 13.3.